The van der Waals surface area contributed by atoms with Crippen molar-refractivity contribution in [2.24, 2.45) is 0 Å². The summed E-state index contributed by atoms with van der Waals surface area (Å²) in [6.45, 7) is 8.72. The van der Waals surface area contributed by atoms with Crippen LogP contribution in [0.5, 0.6) is 0 Å². The van der Waals surface area contributed by atoms with Crippen molar-refractivity contribution in [3.8, 4) is 0 Å². The van der Waals surface area contributed by atoms with E-state index >= 15 is 0 Å². The molecule has 0 fully saturated rings. The van der Waals surface area contributed by atoms with E-state index in [-0.39, 0.29) is 30.5 Å². The van der Waals surface area contributed by atoms with Gasteiger partial charge in [-0.2, -0.15) is 0 Å². The fourth-order valence-electron chi connectivity index (χ4n) is 2.62. The van der Waals surface area contributed by atoms with Crippen molar-refractivity contribution in [2.45, 2.75) is 34.2 Å². The van der Waals surface area contributed by atoms with Gasteiger partial charge in [0.15, 0.2) is 0 Å². The number of fused-ring (bicyclic) bond motifs is 1. The second-order valence-corrected chi connectivity index (χ2v) is 7.16. The van der Waals surface area contributed by atoms with Gasteiger partial charge < -0.3 is 9.80 Å². The highest BCUT2D eigenvalue weighted by Crippen LogP contribution is 2.25. The average molecular weight is 364 g/mol. The Morgan fingerprint density at radius 3 is 2.44 bits per heavy atom. The Morgan fingerprint density at radius 2 is 1.84 bits per heavy atom. The normalized spacial score (nSPS) is 10.9. The molecule has 25 heavy (non-hydrogen) atoms. The largest absolute Gasteiger partial charge is 0.342 e. The first-order chi connectivity index (χ1) is 11.8. The minimum absolute atomic E-state index is 0.00151. The van der Waals surface area contributed by atoms with Crippen LogP contribution < -0.4 is 5.56 Å². The zero-order valence-electron chi connectivity index (χ0n) is 15.3. The van der Waals surface area contributed by atoms with Gasteiger partial charge in [-0.25, -0.2) is 4.98 Å². The molecule has 2 rings (SSSR count). The van der Waals surface area contributed by atoms with E-state index < -0.39 is 0 Å². The lowest BCUT2D eigenvalue weighted by Crippen LogP contribution is -2.42. The summed E-state index contributed by atoms with van der Waals surface area (Å²) in [6, 6.07) is 0. The van der Waals surface area contributed by atoms with E-state index in [1.54, 1.807) is 11.9 Å². The van der Waals surface area contributed by atoms with Crippen LogP contribution in [0, 0.1) is 13.8 Å². The molecule has 0 spiro atoms. The van der Waals surface area contributed by atoms with Crippen LogP contribution in [-0.4, -0.2) is 57.8 Å². The molecule has 0 unspecified atom stereocenters. The van der Waals surface area contributed by atoms with Gasteiger partial charge in [-0.15, -0.1) is 11.3 Å². The first-order valence-corrected chi connectivity index (χ1v) is 9.08. The van der Waals surface area contributed by atoms with Crippen molar-refractivity contribution in [3.63, 3.8) is 0 Å². The molecule has 2 aromatic heterocycles. The van der Waals surface area contributed by atoms with E-state index in [0.717, 1.165) is 10.4 Å². The molecule has 2 aromatic rings. The fraction of sp³-hybridized carbons (Fsp3) is 0.529. The molecule has 8 heteroatoms. The monoisotopic (exact) mass is 364 g/mol. The van der Waals surface area contributed by atoms with Crippen molar-refractivity contribution in [3.05, 3.63) is 27.1 Å². The van der Waals surface area contributed by atoms with Crippen LogP contribution in [0.15, 0.2) is 11.1 Å². The van der Waals surface area contributed by atoms with Gasteiger partial charge in [-0.1, -0.05) is 0 Å². The van der Waals surface area contributed by atoms with Gasteiger partial charge in [0.1, 0.15) is 11.4 Å². The molecular weight excluding hydrogens is 340 g/mol. The number of hydrogen-bond acceptors (Lipinski definition) is 5. The molecule has 0 bridgehead atoms. The second-order valence-electron chi connectivity index (χ2n) is 5.96. The van der Waals surface area contributed by atoms with Crippen molar-refractivity contribution in [1.29, 1.82) is 0 Å². The van der Waals surface area contributed by atoms with Crippen LogP contribution in [0.2, 0.25) is 0 Å². The maximum absolute atomic E-state index is 12.6. The number of hydrogen-bond donors (Lipinski definition) is 0. The Bertz CT molecular complexity index is 851. The van der Waals surface area contributed by atoms with Crippen molar-refractivity contribution in [2.75, 3.05) is 26.7 Å². The Balaban J connectivity index is 2.16. The van der Waals surface area contributed by atoms with Gasteiger partial charge in [0.25, 0.3) is 5.56 Å². The summed E-state index contributed by atoms with van der Waals surface area (Å²) in [6.07, 6.45) is 1.40. The highest BCUT2D eigenvalue weighted by atomic mass is 32.1. The number of rotatable bonds is 6. The summed E-state index contributed by atoms with van der Waals surface area (Å²) in [7, 11) is 1.57. The summed E-state index contributed by atoms with van der Waals surface area (Å²) in [5.74, 6) is -0.403. The van der Waals surface area contributed by atoms with Crippen molar-refractivity contribution in [1.82, 2.24) is 19.4 Å². The third kappa shape index (κ3) is 3.89. The predicted octanol–water partition coefficient (Wildman–Crippen LogP) is 1.40. The van der Waals surface area contributed by atoms with Crippen LogP contribution in [0.1, 0.15) is 24.3 Å². The third-order valence-corrected chi connectivity index (χ3v) is 5.49. The molecule has 0 aliphatic heterocycles. The molecule has 0 saturated carbocycles. The van der Waals surface area contributed by atoms with Crippen LogP contribution in [0.25, 0.3) is 10.2 Å². The number of thiophene rings is 1. The lowest BCUT2D eigenvalue weighted by atomic mass is 10.2. The third-order valence-electron chi connectivity index (χ3n) is 4.38. The molecule has 2 heterocycles. The lowest BCUT2D eigenvalue weighted by molar-refractivity contribution is -0.139. The number of aromatic nitrogens is 2. The maximum Gasteiger partial charge on any atom is 0.262 e. The van der Waals surface area contributed by atoms with E-state index in [0.29, 0.717) is 23.3 Å². The van der Waals surface area contributed by atoms with Crippen LogP contribution >= 0.6 is 11.3 Å². The first-order valence-electron chi connectivity index (χ1n) is 8.26. The highest BCUT2D eigenvalue weighted by molar-refractivity contribution is 7.18. The number of aryl methyl sites for hydroxylation is 2. The molecule has 2 amide bonds. The zero-order valence-corrected chi connectivity index (χ0v) is 16.1. The Hall–Kier alpha value is -2.22. The summed E-state index contributed by atoms with van der Waals surface area (Å²) < 4.78 is 1.31. The second kappa shape index (κ2) is 7.77. The molecule has 0 aromatic carbocycles. The van der Waals surface area contributed by atoms with Gasteiger partial charge >= 0.3 is 0 Å². The molecule has 136 valence electrons. The molecule has 0 atom stereocenters. The summed E-state index contributed by atoms with van der Waals surface area (Å²) in [4.78, 5) is 46.2. The number of carbonyl (C=O) groups is 2. The SMILES string of the molecule is CCN(CC)C(=O)CN(C)C(=O)Cn1cnc2sc(C)c(C)c2c1=O. The van der Waals surface area contributed by atoms with E-state index in [4.69, 9.17) is 0 Å². The Labute approximate surface area is 150 Å². The topological polar surface area (TPSA) is 75.5 Å². The van der Waals surface area contributed by atoms with Gasteiger partial charge in [0, 0.05) is 25.0 Å². The molecular formula is C17H24N4O3S. The minimum Gasteiger partial charge on any atom is -0.342 e. The molecule has 0 N–H and O–H groups in total. The average Bonchev–Trinajstić information content (AvgIpc) is 2.86. The lowest BCUT2D eigenvalue weighted by Gasteiger charge is -2.23. The first kappa shape index (κ1) is 19.1. The molecule has 0 aliphatic carbocycles. The van der Waals surface area contributed by atoms with Gasteiger partial charge in [-0.05, 0) is 33.3 Å². The number of carbonyl (C=O) groups excluding carboxylic acids is 2. The number of nitrogens with zero attached hydrogens (tertiary/aromatic N) is 4. The highest BCUT2D eigenvalue weighted by Gasteiger charge is 2.18. The van der Waals surface area contributed by atoms with E-state index in [2.05, 4.69) is 4.98 Å². The van der Waals surface area contributed by atoms with E-state index in [1.165, 1.54) is 27.1 Å². The summed E-state index contributed by atoms with van der Waals surface area (Å²) in [5.41, 5.74) is 0.688. The van der Waals surface area contributed by atoms with Crippen molar-refractivity contribution >= 4 is 33.4 Å². The maximum atomic E-state index is 12.6. The minimum atomic E-state index is -0.298. The van der Waals surface area contributed by atoms with Crippen LogP contribution in [0.3, 0.4) is 0 Å². The van der Waals surface area contributed by atoms with Crippen molar-refractivity contribution < 1.29 is 9.59 Å². The van der Waals surface area contributed by atoms with Gasteiger partial charge in [-0.3, -0.25) is 19.0 Å². The van der Waals surface area contributed by atoms with E-state index in [1.807, 2.05) is 27.7 Å². The molecule has 7 nitrogen and oxygen atoms in total. The summed E-state index contributed by atoms with van der Waals surface area (Å²) >= 11 is 1.47. The molecule has 0 saturated heterocycles. The smallest absolute Gasteiger partial charge is 0.262 e. The zero-order chi connectivity index (χ0) is 18.7. The fourth-order valence-corrected chi connectivity index (χ4v) is 3.60. The predicted molar refractivity (Wildman–Crippen MR) is 98.9 cm³/mol. The standard InChI is InChI=1S/C17H24N4O3S/c1-6-20(7-2)14(23)8-19(5)13(22)9-21-10-18-16-15(17(21)24)11(3)12(4)25-16/h10H,6-9H2,1-5H3. The van der Waals surface area contributed by atoms with E-state index in [9.17, 15) is 14.4 Å². The van der Waals surface area contributed by atoms with Gasteiger partial charge in [0.05, 0.1) is 18.3 Å². The Kier molecular flexibility index (Phi) is 5.94. The van der Waals surface area contributed by atoms with Crippen LogP contribution in [0.4, 0.5) is 0 Å². The van der Waals surface area contributed by atoms with Gasteiger partial charge in [0.2, 0.25) is 11.8 Å². The Morgan fingerprint density at radius 1 is 1.20 bits per heavy atom. The molecule has 0 radical (unpaired) electrons. The molecule has 0 aliphatic rings. The summed E-state index contributed by atoms with van der Waals surface area (Å²) in [5, 5.41) is 0.569. The number of amides is 2. The van der Waals surface area contributed by atoms with Crippen LogP contribution in [-0.2, 0) is 16.1 Å². The quantitative estimate of drug-likeness (QED) is 0.776. The number of likely N-dealkylation sites (N-methyl/N-ethyl adjacent to an activating group) is 2.